The van der Waals surface area contributed by atoms with E-state index in [0.717, 1.165) is 27.5 Å². The van der Waals surface area contributed by atoms with Crippen LogP contribution in [0, 0.1) is 0 Å². The van der Waals surface area contributed by atoms with Crippen molar-refractivity contribution >= 4 is 225 Å². The van der Waals surface area contributed by atoms with Crippen LogP contribution in [0.1, 0.15) is 0 Å². The molecule has 0 atom stereocenters. The molecule has 8 aromatic carbocycles. The number of hydrogen-bond donors (Lipinski definition) is 0. The minimum atomic E-state index is 0.254. The Morgan fingerprint density at radius 2 is 0.841 bits per heavy atom. The van der Waals surface area contributed by atoms with E-state index in [1.54, 1.807) is 24.3 Å². The third-order valence-electron chi connectivity index (χ3n) is 12.4. The molecule has 0 amide bonds. The van der Waals surface area contributed by atoms with E-state index in [4.69, 9.17) is 98.6 Å². The molecule has 0 saturated carbocycles. The molecule has 11 rings (SSSR count). The highest BCUT2D eigenvalue weighted by Gasteiger charge is 2.26. The molecular weight excluding hydrogens is 750 g/mol. The second-order valence-corrected chi connectivity index (χ2v) is 16.0. The molecule has 0 unspecified atom stereocenters. The van der Waals surface area contributed by atoms with Crippen LogP contribution in [0.3, 0.4) is 0 Å². The summed E-state index contributed by atoms with van der Waals surface area (Å²) in [6, 6.07) is 33.7. The molecule has 262 valence electrons. The Balaban J connectivity index is 1.20. The van der Waals surface area contributed by atoms with Crippen LogP contribution in [-0.2, 0) is 0 Å². The summed E-state index contributed by atoms with van der Waals surface area (Å²) < 4.78 is 10.1. The van der Waals surface area contributed by atoms with E-state index < -0.39 is 0 Å². The van der Waals surface area contributed by atoms with Crippen LogP contribution in [0.15, 0.2) is 114 Å². The molecule has 0 N–H and O–H groups in total. The molecule has 0 spiro atoms. The molecule has 0 saturated heterocycles. The van der Waals surface area contributed by atoms with Crippen molar-refractivity contribution in [2.24, 2.45) is 0 Å². The van der Waals surface area contributed by atoms with Gasteiger partial charge in [0.25, 0.3) is 0 Å². The Labute approximate surface area is 379 Å². The van der Waals surface area contributed by atoms with Crippen LogP contribution in [0.2, 0.25) is 0 Å². The highest BCUT2D eigenvalue weighted by molar-refractivity contribution is 6.63. The van der Waals surface area contributed by atoms with Crippen molar-refractivity contribution < 1.29 is 4.42 Å². The van der Waals surface area contributed by atoms with Crippen LogP contribution in [-0.4, -0.2) is 103 Å². The largest absolute Gasteiger partial charge is 0.456 e. The summed E-state index contributed by atoms with van der Waals surface area (Å²) in [5.74, 6) is 0. The summed E-state index contributed by atoms with van der Waals surface area (Å²) in [4.78, 5) is 0. The van der Waals surface area contributed by atoms with Crippen LogP contribution in [0.4, 0.5) is 0 Å². The van der Waals surface area contributed by atoms with Crippen molar-refractivity contribution in [3.05, 3.63) is 109 Å². The molecule has 0 aliphatic carbocycles. The summed E-state index contributed by atoms with van der Waals surface area (Å²) >= 11 is 0. The van der Waals surface area contributed by atoms with E-state index in [9.17, 15) is 0 Å². The minimum Gasteiger partial charge on any atom is -0.456 e. The molecule has 0 aliphatic heterocycles. The lowest BCUT2D eigenvalue weighted by Crippen LogP contribution is -2.32. The summed E-state index contributed by atoms with van der Waals surface area (Å²) in [7, 11) is 82.3. The van der Waals surface area contributed by atoms with Crippen molar-refractivity contribution in [2.45, 2.75) is 0 Å². The second-order valence-electron chi connectivity index (χ2n) is 16.0. The van der Waals surface area contributed by atoms with Gasteiger partial charge in [0.1, 0.15) is 105 Å². The summed E-state index contributed by atoms with van der Waals surface area (Å²) in [6.45, 7) is 0. The number of nitrogens with zero attached hydrogens (tertiary/aromatic N) is 2. The van der Waals surface area contributed by atoms with Gasteiger partial charge in [-0.05, 0) is 57.3 Å². The molecule has 0 aliphatic rings. The Kier molecular flexibility index (Phi) is 8.98. The second kappa shape index (κ2) is 14.2. The summed E-state index contributed by atoms with van der Waals surface area (Å²) in [6.07, 6.45) is 0. The smallest absolute Gasteiger partial charge is 0.137 e. The first-order chi connectivity index (χ1) is 30.2. The fourth-order valence-corrected chi connectivity index (χ4v) is 9.56. The highest BCUT2D eigenvalue weighted by atomic mass is 16.3. The zero-order chi connectivity index (χ0) is 43.9. The van der Waals surface area contributed by atoms with Gasteiger partial charge in [-0.1, -0.05) is 133 Å². The molecule has 3 aromatic heterocycles. The van der Waals surface area contributed by atoms with Crippen molar-refractivity contribution in [1.29, 1.82) is 0 Å². The van der Waals surface area contributed by atoms with Gasteiger partial charge in [0, 0.05) is 61.1 Å². The van der Waals surface area contributed by atoms with Gasteiger partial charge in [0.05, 0.1) is 0 Å². The van der Waals surface area contributed by atoms with Gasteiger partial charge in [0.15, 0.2) is 0 Å². The van der Waals surface area contributed by atoms with Crippen LogP contribution in [0.25, 0.3) is 99.2 Å². The third kappa shape index (κ3) is 5.64. The molecule has 3 heterocycles. The zero-order valence-corrected chi connectivity index (χ0v) is 33.6. The van der Waals surface area contributed by atoms with Gasteiger partial charge in [-0.3, -0.25) is 0 Å². The van der Waals surface area contributed by atoms with E-state index in [2.05, 4.69) is 0 Å². The van der Waals surface area contributed by atoms with Crippen molar-refractivity contribution in [3.8, 4) is 33.6 Å². The van der Waals surface area contributed by atoms with E-state index in [1.807, 2.05) is 94.1 Å². The lowest BCUT2D eigenvalue weighted by molar-refractivity contribution is 0.668. The Hall–Kier alpha value is -6.06. The first-order valence-corrected chi connectivity index (χ1v) is 19.9. The lowest BCUT2D eigenvalue weighted by atomic mass is 9.70. The van der Waals surface area contributed by atoms with Crippen molar-refractivity contribution in [3.63, 3.8) is 0 Å². The molecule has 11 aromatic rings. The van der Waals surface area contributed by atoms with Gasteiger partial charge in [-0.15, -0.1) is 10.9 Å². The molecule has 15 heteroatoms. The van der Waals surface area contributed by atoms with E-state index >= 15 is 0 Å². The van der Waals surface area contributed by atoms with E-state index in [1.165, 1.54) is 0 Å². The normalized spacial score (nSPS) is 11.9. The predicted molar refractivity (Wildman–Crippen MR) is 278 cm³/mol. The van der Waals surface area contributed by atoms with Crippen molar-refractivity contribution in [1.82, 2.24) is 9.13 Å². The number of benzene rings is 8. The fourth-order valence-electron chi connectivity index (χ4n) is 9.56. The van der Waals surface area contributed by atoms with Gasteiger partial charge < -0.3 is 13.6 Å². The molecule has 0 fully saturated rings. The number of rotatable bonds is 4. The summed E-state index contributed by atoms with van der Waals surface area (Å²) in [5, 5.41) is 3.95. The number of fused-ring (bicyclic) bond motifs is 9. The number of aromatic nitrogens is 2. The number of para-hydroxylation sites is 1. The van der Waals surface area contributed by atoms with Crippen LogP contribution in [0.5, 0.6) is 0 Å². The monoisotopic (exact) mass is 770 g/mol. The van der Waals surface area contributed by atoms with Crippen LogP contribution >= 0.6 is 0 Å². The first kappa shape index (κ1) is 39.8. The fraction of sp³-hybridized carbons (Fsp3) is 0. The van der Waals surface area contributed by atoms with Gasteiger partial charge in [-0.2, -0.15) is 0 Å². The quantitative estimate of drug-likeness (QED) is 0.203. The van der Waals surface area contributed by atoms with E-state index in [0.29, 0.717) is 110 Å². The molecule has 24 radical (unpaired) electrons. The standard InChI is InChI=1S/C48H18B12N2O/c49-26-7-3-1-5-21(26)19-9-12-34(27(50)13-19)62-47-31(54)16-25(42(58)38(47)40-44(60)29(52)18-33(56)48(40)62)24-15-30(53)45-37(41(24)57)39-43(59)28(51)17-32(55)46(39)61(45)20-10-11-23-22-6-2-4-8-35(22)63-36(23)14-20/h1-18H. The maximum Gasteiger partial charge on any atom is 0.137 e. The number of hydrogen-bond acceptors (Lipinski definition) is 1. The SMILES string of the molecule is [B]c1ccccc1-c1ccc(-n2c3c([B])cc([B])c([B])c3c3c([B])c(-c4cc([B])c5c(c4[B])c4c([B])c([B])cc([B])c4n5-c4ccc5c(c4)oc4ccccc45)cc([B])c32)c([B])c1. The average Bonchev–Trinajstić information content (AvgIpc) is 3.94. The van der Waals surface area contributed by atoms with Gasteiger partial charge in [0.2, 0.25) is 0 Å². The maximum atomic E-state index is 7.31. The number of furan rings is 1. The molecule has 63 heavy (non-hydrogen) atoms. The minimum absolute atomic E-state index is 0.254. The molecule has 0 bridgehead atoms. The van der Waals surface area contributed by atoms with Gasteiger partial charge in [-0.25, -0.2) is 0 Å². The Morgan fingerprint density at radius 3 is 1.43 bits per heavy atom. The first-order valence-electron chi connectivity index (χ1n) is 19.9. The highest BCUT2D eigenvalue weighted by Crippen LogP contribution is 2.36. The lowest BCUT2D eigenvalue weighted by Gasteiger charge is -2.19. The molecular formula is C48H18B12N2O. The topological polar surface area (TPSA) is 23.0 Å². The maximum absolute atomic E-state index is 7.31. The third-order valence-corrected chi connectivity index (χ3v) is 12.4. The molecule has 3 nitrogen and oxygen atoms in total. The van der Waals surface area contributed by atoms with Crippen LogP contribution < -0.4 is 65.6 Å². The Morgan fingerprint density at radius 1 is 0.333 bits per heavy atom. The van der Waals surface area contributed by atoms with E-state index in [-0.39, 0.29) is 27.3 Å². The average molecular weight is 768 g/mol. The van der Waals surface area contributed by atoms with Gasteiger partial charge >= 0.3 is 0 Å². The predicted octanol–water partition coefficient (Wildman–Crippen LogP) is -1.36. The van der Waals surface area contributed by atoms with Crippen molar-refractivity contribution in [2.75, 3.05) is 0 Å². The summed E-state index contributed by atoms with van der Waals surface area (Å²) in [5.41, 5.74) is 11.5. The zero-order valence-electron chi connectivity index (χ0n) is 33.6. The Bertz CT molecular complexity index is 3850.